The Bertz CT molecular complexity index is 853. The highest BCUT2D eigenvalue weighted by Crippen LogP contribution is 2.51. The van der Waals surface area contributed by atoms with E-state index < -0.39 is 0 Å². The molecule has 2 aromatic carbocycles. The van der Waals surface area contributed by atoms with Crippen molar-refractivity contribution in [2.24, 2.45) is 5.92 Å². The van der Waals surface area contributed by atoms with Gasteiger partial charge in [-0.1, -0.05) is 46.3 Å². The molecule has 4 rings (SSSR count). The minimum absolute atomic E-state index is 0.181. The number of aromatic nitrogens is 2. The number of halogens is 1. The molecule has 3 aromatic rings. The van der Waals surface area contributed by atoms with E-state index in [1.165, 1.54) is 18.4 Å². The molecule has 1 N–H and O–H groups in total. The molecule has 1 aliphatic carbocycles. The minimum atomic E-state index is -0.182. The van der Waals surface area contributed by atoms with E-state index >= 15 is 0 Å². The third-order valence-electron chi connectivity index (χ3n) is 5.06. The first-order valence-corrected chi connectivity index (χ1v) is 8.99. The zero-order valence-electron chi connectivity index (χ0n) is 13.5. The Morgan fingerprint density at radius 1 is 1.08 bits per heavy atom. The number of para-hydroxylation sites is 1. The van der Waals surface area contributed by atoms with Crippen molar-refractivity contribution in [2.45, 2.75) is 25.2 Å². The van der Waals surface area contributed by atoms with Crippen LogP contribution in [-0.4, -0.2) is 14.9 Å². The molecule has 24 heavy (non-hydrogen) atoms. The first kappa shape index (κ1) is 15.5. The van der Waals surface area contributed by atoms with Gasteiger partial charge in [0.2, 0.25) is 5.88 Å². The van der Waals surface area contributed by atoms with E-state index in [0.717, 1.165) is 15.9 Å². The summed E-state index contributed by atoms with van der Waals surface area (Å²) >= 11 is 3.51. The summed E-state index contributed by atoms with van der Waals surface area (Å²) in [5.41, 5.74) is 2.85. The number of hydrogen-bond donors (Lipinski definition) is 1. The van der Waals surface area contributed by atoms with Crippen molar-refractivity contribution in [1.29, 1.82) is 0 Å². The number of hydrogen-bond acceptors (Lipinski definition) is 2. The molecule has 1 atom stereocenters. The Hall–Kier alpha value is -2.07. The third-order valence-corrected chi connectivity index (χ3v) is 5.59. The normalized spacial score (nSPS) is 16.8. The number of rotatable bonds is 4. The Morgan fingerprint density at radius 3 is 2.38 bits per heavy atom. The molecule has 0 saturated heterocycles. The van der Waals surface area contributed by atoms with Crippen molar-refractivity contribution < 1.29 is 5.11 Å². The van der Waals surface area contributed by atoms with Crippen LogP contribution in [0.3, 0.4) is 0 Å². The molecule has 1 saturated carbocycles. The summed E-state index contributed by atoms with van der Waals surface area (Å²) in [6, 6.07) is 20.0. The monoisotopic (exact) mass is 382 g/mol. The summed E-state index contributed by atoms with van der Waals surface area (Å²) in [5.74, 6) is 0.748. The lowest BCUT2D eigenvalue weighted by Crippen LogP contribution is -2.27. The molecule has 1 aliphatic rings. The van der Waals surface area contributed by atoms with Crippen LogP contribution in [0.5, 0.6) is 5.88 Å². The maximum absolute atomic E-state index is 10.4. The van der Waals surface area contributed by atoms with Crippen molar-refractivity contribution in [3.63, 3.8) is 0 Å². The van der Waals surface area contributed by atoms with Crippen LogP contribution < -0.4 is 0 Å². The van der Waals surface area contributed by atoms with Crippen LogP contribution in [0.25, 0.3) is 5.69 Å². The van der Waals surface area contributed by atoms with E-state index in [1.54, 1.807) is 4.68 Å². The molecule has 1 unspecified atom stereocenters. The van der Waals surface area contributed by atoms with Gasteiger partial charge in [0.15, 0.2) is 0 Å². The van der Waals surface area contributed by atoms with E-state index in [9.17, 15) is 5.11 Å². The Labute approximate surface area is 150 Å². The van der Waals surface area contributed by atoms with Crippen molar-refractivity contribution >= 4 is 15.9 Å². The SMILES string of the molecule is CC(c1ccc(Br)cc1)(c1cc(O)n(-c2ccccc2)n1)C1CC1. The van der Waals surface area contributed by atoms with Gasteiger partial charge >= 0.3 is 0 Å². The van der Waals surface area contributed by atoms with Crippen LogP contribution in [0.1, 0.15) is 31.0 Å². The number of benzene rings is 2. The highest BCUT2D eigenvalue weighted by Gasteiger charge is 2.46. The van der Waals surface area contributed by atoms with Gasteiger partial charge in [0.25, 0.3) is 0 Å². The molecule has 1 fully saturated rings. The summed E-state index contributed by atoms with van der Waals surface area (Å²) in [4.78, 5) is 0. The first-order chi connectivity index (χ1) is 11.6. The molecule has 0 spiro atoms. The third kappa shape index (κ3) is 2.55. The van der Waals surface area contributed by atoms with E-state index in [4.69, 9.17) is 5.10 Å². The second-order valence-electron chi connectivity index (χ2n) is 6.62. The maximum Gasteiger partial charge on any atom is 0.214 e. The van der Waals surface area contributed by atoms with Crippen molar-refractivity contribution in [3.8, 4) is 11.6 Å². The van der Waals surface area contributed by atoms with Gasteiger partial charge in [0, 0.05) is 16.0 Å². The fourth-order valence-corrected chi connectivity index (χ4v) is 3.70. The Morgan fingerprint density at radius 2 is 1.75 bits per heavy atom. The van der Waals surface area contributed by atoms with E-state index in [-0.39, 0.29) is 11.3 Å². The average Bonchev–Trinajstić information content (AvgIpc) is 3.38. The van der Waals surface area contributed by atoms with Gasteiger partial charge in [0.1, 0.15) is 0 Å². The van der Waals surface area contributed by atoms with Gasteiger partial charge in [0.05, 0.1) is 11.4 Å². The van der Waals surface area contributed by atoms with Crippen molar-refractivity contribution in [2.75, 3.05) is 0 Å². The Balaban J connectivity index is 1.82. The fraction of sp³-hybridized carbons (Fsp3) is 0.250. The summed E-state index contributed by atoms with van der Waals surface area (Å²) in [7, 11) is 0. The zero-order chi connectivity index (χ0) is 16.7. The molecule has 3 nitrogen and oxygen atoms in total. The summed E-state index contributed by atoms with van der Waals surface area (Å²) in [6.45, 7) is 2.24. The summed E-state index contributed by atoms with van der Waals surface area (Å²) < 4.78 is 2.69. The molecule has 0 radical (unpaired) electrons. The second-order valence-corrected chi connectivity index (χ2v) is 7.53. The topological polar surface area (TPSA) is 38.0 Å². The van der Waals surface area contributed by atoms with Gasteiger partial charge in [-0.3, -0.25) is 0 Å². The van der Waals surface area contributed by atoms with Gasteiger partial charge < -0.3 is 5.11 Å². The van der Waals surface area contributed by atoms with Crippen molar-refractivity contribution in [1.82, 2.24) is 9.78 Å². The molecule has 4 heteroatoms. The molecule has 0 amide bonds. The lowest BCUT2D eigenvalue weighted by atomic mass is 9.75. The van der Waals surface area contributed by atoms with E-state index in [1.807, 2.05) is 36.4 Å². The van der Waals surface area contributed by atoms with Crippen molar-refractivity contribution in [3.05, 3.63) is 76.4 Å². The van der Waals surface area contributed by atoms with Gasteiger partial charge in [-0.25, -0.2) is 4.68 Å². The molecular weight excluding hydrogens is 364 g/mol. The number of aromatic hydroxyl groups is 1. The molecule has 0 bridgehead atoms. The molecular formula is C20H19BrN2O. The Kier molecular flexibility index (Phi) is 3.72. The highest BCUT2D eigenvalue weighted by molar-refractivity contribution is 9.10. The number of nitrogens with zero attached hydrogens (tertiary/aromatic N) is 2. The fourth-order valence-electron chi connectivity index (χ4n) is 3.43. The quantitative estimate of drug-likeness (QED) is 0.684. The van der Waals surface area contributed by atoms with Crippen LogP contribution in [0, 0.1) is 5.92 Å². The molecule has 1 heterocycles. The predicted molar refractivity (Wildman–Crippen MR) is 98.5 cm³/mol. The lowest BCUT2D eigenvalue weighted by molar-refractivity contribution is 0.433. The standard InChI is InChI=1S/C20H19BrN2O/c1-20(14-7-8-14,15-9-11-16(21)12-10-15)18-13-19(24)23(22-18)17-5-3-2-4-6-17/h2-6,9-14,24H,7-8H2,1H3. The smallest absolute Gasteiger partial charge is 0.214 e. The van der Waals surface area contributed by atoms with E-state index in [0.29, 0.717) is 5.92 Å². The largest absolute Gasteiger partial charge is 0.493 e. The predicted octanol–water partition coefficient (Wildman–Crippen LogP) is 5.06. The van der Waals surface area contributed by atoms with Gasteiger partial charge in [-0.05, 0) is 55.5 Å². The van der Waals surface area contributed by atoms with Crippen LogP contribution in [-0.2, 0) is 5.41 Å². The first-order valence-electron chi connectivity index (χ1n) is 8.20. The van der Waals surface area contributed by atoms with Crippen LogP contribution in [0.15, 0.2) is 65.1 Å². The van der Waals surface area contributed by atoms with Crippen LogP contribution >= 0.6 is 15.9 Å². The maximum atomic E-state index is 10.4. The molecule has 1 aromatic heterocycles. The highest BCUT2D eigenvalue weighted by atomic mass is 79.9. The van der Waals surface area contributed by atoms with E-state index in [2.05, 4.69) is 47.1 Å². The van der Waals surface area contributed by atoms with Crippen LogP contribution in [0.2, 0.25) is 0 Å². The van der Waals surface area contributed by atoms with Gasteiger partial charge in [-0.15, -0.1) is 0 Å². The van der Waals surface area contributed by atoms with Gasteiger partial charge in [-0.2, -0.15) is 5.10 Å². The molecule has 122 valence electrons. The molecule has 0 aliphatic heterocycles. The summed E-state index contributed by atoms with van der Waals surface area (Å²) in [5, 5.41) is 15.2. The average molecular weight is 383 g/mol. The van der Waals surface area contributed by atoms with Crippen LogP contribution in [0.4, 0.5) is 0 Å². The minimum Gasteiger partial charge on any atom is -0.493 e. The summed E-state index contributed by atoms with van der Waals surface area (Å²) in [6.07, 6.45) is 2.40. The zero-order valence-corrected chi connectivity index (χ0v) is 15.1. The lowest BCUT2D eigenvalue weighted by Gasteiger charge is -2.28. The second kappa shape index (κ2) is 5.78.